The van der Waals surface area contributed by atoms with Crippen molar-refractivity contribution in [3.05, 3.63) is 0 Å². The molecule has 0 aromatic carbocycles. The average molecular weight is 197 g/mol. The van der Waals surface area contributed by atoms with Crippen molar-refractivity contribution in [3.63, 3.8) is 0 Å². The van der Waals surface area contributed by atoms with Crippen molar-refractivity contribution < 1.29 is 5.11 Å². The lowest BCUT2D eigenvalue weighted by molar-refractivity contribution is 0.177. The van der Waals surface area contributed by atoms with Gasteiger partial charge in [0.25, 0.3) is 0 Å². The van der Waals surface area contributed by atoms with Crippen LogP contribution >= 0.6 is 0 Å². The molecule has 1 N–H and O–H groups in total. The minimum atomic E-state index is -0.228. The third-order valence-electron chi connectivity index (χ3n) is 2.88. The maximum absolute atomic E-state index is 9.19. The predicted molar refractivity (Wildman–Crippen MR) is 60.8 cm³/mol. The molecule has 0 aromatic heterocycles. The van der Waals surface area contributed by atoms with E-state index in [0.29, 0.717) is 5.92 Å². The molecule has 0 bridgehead atoms. The second-order valence-electron chi connectivity index (χ2n) is 4.63. The van der Waals surface area contributed by atoms with E-state index in [1.807, 2.05) is 6.92 Å². The lowest BCUT2D eigenvalue weighted by atomic mass is 9.90. The van der Waals surface area contributed by atoms with E-state index < -0.39 is 0 Å². The van der Waals surface area contributed by atoms with Crippen molar-refractivity contribution in [1.82, 2.24) is 0 Å². The third-order valence-corrected chi connectivity index (χ3v) is 2.88. The van der Waals surface area contributed by atoms with Crippen LogP contribution in [0.4, 0.5) is 0 Å². The quantitative estimate of drug-likeness (QED) is 0.691. The Balaban J connectivity index is 2.23. The lowest BCUT2D eigenvalue weighted by Crippen LogP contribution is -2.12. The fourth-order valence-corrected chi connectivity index (χ4v) is 2.11. The minimum absolute atomic E-state index is 0.228. The van der Waals surface area contributed by atoms with Gasteiger partial charge in [-0.3, -0.25) is 4.99 Å². The Morgan fingerprint density at radius 3 is 2.50 bits per heavy atom. The summed E-state index contributed by atoms with van der Waals surface area (Å²) in [4.78, 5) is 4.50. The second kappa shape index (κ2) is 6.18. The first-order valence-electron chi connectivity index (χ1n) is 5.90. The van der Waals surface area contributed by atoms with Gasteiger partial charge < -0.3 is 5.11 Å². The number of rotatable bonds is 4. The van der Waals surface area contributed by atoms with Crippen LogP contribution in [0.15, 0.2) is 4.99 Å². The molecule has 1 aliphatic rings. The van der Waals surface area contributed by atoms with E-state index in [2.05, 4.69) is 18.1 Å². The SMILES string of the molecule is CC(O)CC(C)N=CC1CCCCC1. The highest BCUT2D eigenvalue weighted by Gasteiger charge is 2.11. The molecular weight excluding hydrogens is 174 g/mol. The maximum Gasteiger partial charge on any atom is 0.0532 e. The molecule has 2 heteroatoms. The molecule has 0 saturated heterocycles. The molecule has 0 amide bonds. The van der Waals surface area contributed by atoms with Gasteiger partial charge in [-0.15, -0.1) is 0 Å². The van der Waals surface area contributed by atoms with Crippen molar-refractivity contribution in [2.24, 2.45) is 10.9 Å². The average Bonchev–Trinajstić information content (AvgIpc) is 2.15. The van der Waals surface area contributed by atoms with Gasteiger partial charge in [-0.1, -0.05) is 19.3 Å². The number of aliphatic hydroxyl groups excluding tert-OH is 1. The van der Waals surface area contributed by atoms with Gasteiger partial charge in [-0.25, -0.2) is 0 Å². The Kier molecular flexibility index (Phi) is 5.16. The van der Waals surface area contributed by atoms with Crippen LogP contribution in [0.5, 0.6) is 0 Å². The van der Waals surface area contributed by atoms with Gasteiger partial charge in [0.05, 0.1) is 6.10 Å². The number of nitrogens with zero attached hydrogens (tertiary/aromatic N) is 1. The monoisotopic (exact) mass is 197 g/mol. The Morgan fingerprint density at radius 1 is 1.29 bits per heavy atom. The maximum atomic E-state index is 9.19. The van der Waals surface area contributed by atoms with Crippen molar-refractivity contribution in [2.45, 2.75) is 64.5 Å². The molecular formula is C12H23NO. The van der Waals surface area contributed by atoms with E-state index in [0.717, 1.165) is 6.42 Å². The summed E-state index contributed by atoms with van der Waals surface area (Å²) in [6, 6.07) is 0.275. The van der Waals surface area contributed by atoms with Crippen LogP contribution in [-0.4, -0.2) is 23.5 Å². The Morgan fingerprint density at radius 2 is 1.93 bits per heavy atom. The molecule has 1 aliphatic carbocycles. The van der Waals surface area contributed by atoms with E-state index >= 15 is 0 Å². The molecule has 0 heterocycles. The highest BCUT2D eigenvalue weighted by Crippen LogP contribution is 2.22. The molecule has 1 rings (SSSR count). The highest BCUT2D eigenvalue weighted by molar-refractivity contribution is 5.61. The first-order valence-corrected chi connectivity index (χ1v) is 5.90. The van der Waals surface area contributed by atoms with Crippen molar-refractivity contribution in [1.29, 1.82) is 0 Å². The molecule has 1 fully saturated rings. The summed E-state index contributed by atoms with van der Waals surface area (Å²) >= 11 is 0. The Labute approximate surface area is 87.4 Å². The smallest absolute Gasteiger partial charge is 0.0532 e. The van der Waals surface area contributed by atoms with E-state index in [1.165, 1.54) is 32.1 Å². The van der Waals surface area contributed by atoms with Crippen LogP contribution in [0.2, 0.25) is 0 Å². The zero-order valence-electron chi connectivity index (χ0n) is 9.45. The fourth-order valence-electron chi connectivity index (χ4n) is 2.11. The molecule has 2 unspecified atom stereocenters. The summed E-state index contributed by atoms with van der Waals surface area (Å²) in [6.07, 6.45) is 9.43. The minimum Gasteiger partial charge on any atom is -0.393 e. The van der Waals surface area contributed by atoms with Gasteiger partial charge in [-0.2, -0.15) is 0 Å². The summed E-state index contributed by atoms with van der Waals surface area (Å²) in [5, 5.41) is 9.19. The molecule has 0 radical (unpaired) electrons. The number of hydrogen-bond donors (Lipinski definition) is 1. The lowest BCUT2D eigenvalue weighted by Gasteiger charge is -2.18. The first kappa shape index (κ1) is 11.7. The molecule has 82 valence electrons. The van der Waals surface area contributed by atoms with Crippen LogP contribution in [-0.2, 0) is 0 Å². The number of hydrogen-bond acceptors (Lipinski definition) is 2. The topological polar surface area (TPSA) is 32.6 Å². The second-order valence-corrected chi connectivity index (χ2v) is 4.63. The molecule has 0 aromatic rings. The highest BCUT2D eigenvalue weighted by atomic mass is 16.3. The van der Waals surface area contributed by atoms with E-state index in [9.17, 15) is 5.11 Å². The van der Waals surface area contributed by atoms with Crippen LogP contribution in [0, 0.1) is 5.92 Å². The fraction of sp³-hybridized carbons (Fsp3) is 0.917. The summed E-state index contributed by atoms with van der Waals surface area (Å²) in [7, 11) is 0. The van der Waals surface area contributed by atoms with Gasteiger partial charge in [0, 0.05) is 12.3 Å². The van der Waals surface area contributed by atoms with E-state index in [-0.39, 0.29) is 12.1 Å². The van der Waals surface area contributed by atoms with E-state index in [4.69, 9.17) is 0 Å². The Hall–Kier alpha value is -0.370. The van der Waals surface area contributed by atoms with Crippen LogP contribution in [0.1, 0.15) is 52.4 Å². The molecule has 2 nitrogen and oxygen atoms in total. The zero-order valence-corrected chi connectivity index (χ0v) is 9.45. The van der Waals surface area contributed by atoms with E-state index in [1.54, 1.807) is 0 Å². The van der Waals surface area contributed by atoms with Crippen LogP contribution < -0.4 is 0 Å². The van der Waals surface area contributed by atoms with Crippen LogP contribution in [0.3, 0.4) is 0 Å². The summed E-state index contributed by atoms with van der Waals surface area (Å²) in [5.41, 5.74) is 0. The van der Waals surface area contributed by atoms with Crippen LogP contribution in [0.25, 0.3) is 0 Å². The summed E-state index contributed by atoms with van der Waals surface area (Å²) in [5.74, 6) is 0.709. The van der Waals surface area contributed by atoms with Gasteiger partial charge in [0.2, 0.25) is 0 Å². The largest absolute Gasteiger partial charge is 0.393 e. The van der Waals surface area contributed by atoms with Crippen molar-refractivity contribution in [2.75, 3.05) is 0 Å². The predicted octanol–water partition coefficient (Wildman–Crippen LogP) is 2.80. The third kappa shape index (κ3) is 4.75. The van der Waals surface area contributed by atoms with Gasteiger partial charge in [0.1, 0.15) is 0 Å². The van der Waals surface area contributed by atoms with Crippen molar-refractivity contribution >= 4 is 6.21 Å². The molecule has 2 atom stereocenters. The molecule has 1 saturated carbocycles. The number of aliphatic imine (C=N–C) groups is 1. The normalized spacial score (nSPS) is 23.9. The summed E-state index contributed by atoms with van der Waals surface area (Å²) < 4.78 is 0. The zero-order chi connectivity index (χ0) is 10.4. The first-order chi connectivity index (χ1) is 6.68. The molecule has 0 aliphatic heterocycles. The van der Waals surface area contributed by atoms with Gasteiger partial charge in [-0.05, 0) is 39.0 Å². The molecule has 0 spiro atoms. The van der Waals surface area contributed by atoms with Gasteiger partial charge in [0.15, 0.2) is 0 Å². The number of aliphatic hydroxyl groups is 1. The summed E-state index contributed by atoms with van der Waals surface area (Å²) in [6.45, 7) is 3.90. The molecule has 14 heavy (non-hydrogen) atoms. The van der Waals surface area contributed by atoms with Gasteiger partial charge >= 0.3 is 0 Å². The standard InChI is InChI=1S/C12H23NO/c1-10(8-11(2)14)13-9-12-6-4-3-5-7-12/h9-12,14H,3-8H2,1-2H3. The Bertz CT molecular complexity index is 171. The van der Waals surface area contributed by atoms with Crippen molar-refractivity contribution in [3.8, 4) is 0 Å².